The monoisotopic (exact) mass is 1530 g/mol. The Morgan fingerprint density at radius 1 is 0.760 bits per heavy atom. The van der Waals surface area contributed by atoms with E-state index < -0.39 is 39.6 Å². The van der Waals surface area contributed by atoms with Crippen molar-refractivity contribution in [3.63, 3.8) is 0 Å². The van der Waals surface area contributed by atoms with Crippen LogP contribution in [0.5, 0.6) is 28.7 Å². The third-order valence-electron chi connectivity index (χ3n) is 14.0. The number of anilines is 1. The number of benzene rings is 5. The van der Waals surface area contributed by atoms with Gasteiger partial charge in [-0.2, -0.15) is 5.10 Å². The molecule has 2 unspecified atom stereocenters. The van der Waals surface area contributed by atoms with Gasteiger partial charge in [-0.3, -0.25) is 29.1 Å². The number of carbonyl (C=O) groups is 5. The standard InChI is InChI=1S/C19H18FN5O2.C12H12FIO2.2C12H13FO2.C8H7FO2.C4H7Br.C4H11NOS/c1-10-11-3-4-14(20)12-7-19(2,27-16(11)12)9-21-18(26)13-8-22-25-6-5-15(23-10)24-17(13)25;1-7(15)8-3-4-10(13)9-5-12(2,6-14)16-11(8)9;1-8(2)7-15-12-6-10(13)4-5-11(12)9(3)14;1-7(2)6-10-11(13)5-4-9(8(3)14)12(10)15;1-5(10)7-3-2-6(9)4-8(7)11;1-4(2)3-5;1-4(2,3)7(5)6/h3-6,8,10H,7,9H2,1-2H3,(H,21,26)(H,23,24);3-4H,5-6H2,1-2H3;4-6H,1,7H2,2-3H3;4-5,15H,1,6H2,2-3H3;2-4,11H,1H3;1,3H2,2H3;5H2,1-3H3/t10-,19?;;;;;;7-/m1.....1/s1. The molecule has 4 bridgehead atoms. The summed E-state index contributed by atoms with van der Waals surface area (Å²) in [6, 6.07) is 17.3. The first kappa shape index (κ1) is 80.3. The van der Waals surface area contributed by atoms with Crippen molar-refractivity contribution in [2.45, 2.75) is 131 Å². The molecule has 3 aliphatic rings. The van der Waals surface area contributed by atoms with Gasteiger partial charge < -0.3 is 35.1 Å². The van der Waals surface area contributed by atoms with Gasteiger partial charge in [0.05, 0.1) is 56.8 Å². The molecule has 0 saturated heterocycles. The van der Waals surface area contributed by atoms with Gasteiger partial charge in [0.1, 0.15) is 87.0 Å². The van der Waals surface area contributed by atoms with Gasteiger partial charge in [0.2, 0.25) is 0 Å². The lowest BCUT2D eigenvalue weighted by molar-refractivity contribution is 0.0838. The van der Waals surface area contributed by atoms with Gasteiger partial charge in [-0.15, -0.1) is 0 Å². The lowest BCUT2D eigenvalue weighted by Gasteiger charge is -2.25. The van der Waals surface area contributed by atoms with Gasteiger partial charge in [0, 0.05) is 63.2 Å². The number of hydrogen-bond donors (Lipinski definition) is 5. The van der Waals surface area contributed by atoms with Crippen LogP contribution < -0.4 is 30.0 Å². The zero-order chi connectivity index (χ0) is 72.5. The van der Waals surface area contributed by atoms with E-state index in [4.69, 9.17) is 24.5 Å². The number of alkyl halides is 2. The second-order valence-electron chi connectivity index (χ2n) is 24.5. The van der Waals surface area contributed by atoms with E-state index in [1.165, 1.54) is 94.1 Å². The van der Waals surface area contributed by atoms with Crippen LogP contribution in [-0.2, 0) is 30.2 Å². The van der Waals surface area contributed by atoms with Crippen molar-refractivity contribution < 1.29 is 74.6 Å². The van der Waals surface area contributed by atoms with E-state index in [1.807, 2.05) is 48.5 Å². The Morgan fingerprint density at radius 2 is 1.28 bits per heavy atom. The van der Waals surface area contributed by atoms with Gasteiger partial charge in [0.25, 0.3) is 5.91 Å². The molecule has 5 heterocycles. The molecule has 6 N–H and O–H groups in total. The molecule has 0 aliphatic carbocycles. The highest BCUT2D eigenvalue weighted by Gasteiger charge is 2.40. The summed E-state index contributed by atoms with van der Waals surface area (Å²) in [7, 11) is -1.18. The molecule has 0 fully saturated rings. The molecule has 25 heteroatoms. The number of hydrogen-bond acceptors (Lipinski definition) is 14. The van der Waals surface area contributed by atoms with Crippen LogP contribution in [0.1, 0.15) is 170 Å². The molecular formula is C71H81BrF5IN6O11S. The number of nitrogens with one attached hydrogen (secondary N) is 2. The first-order chi connectivity index (χ1) is 44.7. The Balaban J connectivity index is 0.000000252. The van der Waals surface area contributed by atoms with Crippen molar-refractivity contribution >= 4 is 90.0 Å². The Labute approximate surface area is 581 Å². The fourth-order valence-electron chi connectivity index (χ4n) is 8.94. The highest BCUT2D eigenvalue weighted by molar-refractivity contribution is 14.1. The number of nitrogens with zero attached hydrogens (tertiary/aromatic N) is 3. The predicted molar refractivity (Wildman–Crippen MR) is 377 cm³/mol. The third kappa shape index (κ3) is 22.7. The van der Waals surface area contributed by atoms with Gasteiger partial charge in [-0.1, -0.05) is 75.5 Å². The van der Waals surface area contributed by atoms with Crippen LogP contribution in [0, 0.1) is 29.1 Å². The minimum Gasteiger partial charge on any atom is -0.507 e. The molecule has 7 aromatic rings. The van der Waals surface area contributed by atoms with E-state index in [0.29, 0.717) is 63.6 Å². The maximum Gasteiger partial charge on any atom is 0.256 e. The SMILES string of the molecule is C=C(C)CBr.C=C(C)COc1cc(F)ccc1C(C)=O.C=C(C)Cc1c(F)ccc(C(C)=O)c1O.CC(=O)c1ccc(F)c2c1OC(C)(CI)C2.CC(=O)c1ccc(F)cc1O.CC(C)(C)[S@](N)=O.C[C@H]1Nc2ccn3ncc(c3n2)C(=O)NCC2(C)Cc3c(F)ccc1c3O2. The average Bonchev–Trinajstić information content (AvgIpc) is 1.62. The summed E-state index contributed by atoms with van der Waals surface area (Å²) in [6.45, 7) is 33.8. The molecule has 5 aromatic carbocycles. The van der Waals surface area contributed by atoms with Crippen LogP contribution in [0.2, 0.25) is 0 Å². The highest BCUT2D eigenvalue weighted by atomic mass is 127. The number of halogens is 7. The zero-order valence-corrected chi connectivity index (χ0v) is 60.4. The number of phenols is 2. The highest BCUT2D eigenvalue weighted by Crippen LogP contribution is 2.43. The molecular weight excluding hydrogens is 1450 g/mol. The van der Waals surface area contributed by atoms with Crippen LogP contribution in [0.25, 0.3) is 5.65 Å². The summed E-state index contributed by atoms with van der Waals surface area (Å²) >= 11 is 5.43. The smallest absolute Gasteiger partial charge is 0.256 e. The Morgan fingerprint density at radius 3 is 1.80 bits per heavy atom. The minimum absolute atomic E-state index is 0.0889. The topological polar surface area (TPSA) is 251 Å². The van der Waals surface area contributed by atoms with E-state index in [1.54, 1.807) is 36.7 Å². The summed E-state index contributed by atoms with van der Waals surface area (Å²) < 4.78 is 96.3. The van der Waals surface area contributed by atoms with Crippen molar-refractivity contribution in [3.05, 3.63) is 207 Å². The van der Waals surface area contributed by atoms with Crippen molar-refractivity contribution in [1.29, 1.82) is 0 Å². The van der Waals surface area contributed by atoms with E-state index in [0.717, 1.165) is 38.6 Å². The maximum absolute atomic E-state index is 14.4. The van der Waals surface area contributed by atoms with E-state index in [9.17, 15) is 55.2 Å². The second kappa shape index (κ2) is 35.2. The molecule has 10 rings (SSSR count). The van der Waals surface area contributed by atoms with E-state index in [-0.39, 0.29) is 105 Å². The Kier molecular flexibility index (Phi) is 29.4. The first-order valence-electron chi connectivity index (χ1n) is 29.7. The van der Waals surface area contributed by atoms with Gasteiger partial charge in [-0.05, 0) is 163 Å². The summed E-state index contributed by atoms with van der Waals surface area (Å²) in [5.41, 5.74) is 5.68. The number of amides is 1. The number of phenolic OH excluding ortho intramolecular Hbond substituents is 2. The fraction of sp³-hybridized carbons (Fsp3) is 0.338. The quantitative estimate of drug-likeness (QED) is 0.0266. The third-order valence-corrected chi connectivity index (χ3v) is 17.8. The number of carbonyl (C=O) groups excluding carboxylic acids is 5. The molecule has 2 aromatic heterocycles. The summed E-state index contributed by atoms with van der Waals surface area (Å²) in [6.07, 6.45) is 4.39. The van der Waals surface area contributed by atoms with Gasteiger partial charge in [-0.25, -0.2) is 35.7 Å². The normalized spacial score (nSPS) is 16.3. The van der Waals surface area contributed by atoms with Crippen molar-refractivity contribution in [2.24, 2.45) is 5.14 Å². The Bertz CT molecular complexity index is 4110. The lowest BCUT2D eigenvalue weighted by atomic mass is 9.96. The number of Topliss-reactive ketones (excluding diaryl/α,β-unsaturated/α-hetero) is 4. The molecule has 0 saturated carbocycles. The molecule has 1 amide bonds. The fourth-order valence-corrected chi connectivity index (χ4v) is 9.37. The minimum atomic E-state index is -1.18. The molecule has 96 heavy (non-hydrogen) atoms. The Hall–Kier alpha value is -8.14. The van der Waals surface area contributed by atoms with Gasteiger partial charge in [0.15, 0.2) is 28.8 Å². The molecule has 0 radical (unpaired) electrons. The van der Waals surface area contributed by atoms with Crippen molar-refractivity contribution in [2.75, 3.05) is 28.2 Å². The number of aromatic nitrogens is 3. The molecule has 3 aliphatic heterocycles. The number of nitrogens with two attached hydrogens (primary N) is 1. The van der Waals surface area contributed by atoms with Crippen LogP contribution in [0.15, 0.2) is 128 Å². The van der Waals surface area contributed by atoms with Crippen LogP contribution >= 0.6 is 38.5 Å². The zero-order valence-electron chi connectivity index (χ0n) is 55.9. The molecule has 516 valence electrons. The number of allylic oxidation sites excluding steroid dienone is 2. The summed E-state index contributed by atoms with van der Waals surface area (Å²) in [4.78, 5) is 61.6. The van der Waals surface area contributed by atoms with Crippen LogP contribution in [0.3, 0.4) is 0 Å². The number of ether oxygens (including phenoxy) is 3. The first-order valence-corrected chi connectivity index (χ1v) is 33.6. The second-order valence-corrected chi connectivity index (χ2v) is 27.6. The molecule has 0 spiro atoms. The molecule has 17 nitrogen and oxygen atoms in total. The maximum atomic E-state index is 14.4. The predicted octanol–water partition coefficient (Wildman–Crippen LogP) is 15.6. The summed E-state index contributed by atoms with van der Waals surface area (Å²) in [5, 5.41) is 35.0. The van der Waals surface area contributed by atoms with Crippen molar-refractivity contribution in [3.8, 4) is 28.7 Å². The number of rotatable bonds is 11. The molecule has 4 atom stereocenters. The largest absolute Gasteiger partial charge is 0.507 e. The van der Waals surface area contributed by atoms with E-state index >= 15 is 0 Å². The van der Waals surface area contributed by atoms with Crippen LogP contribution in [-0.4, -0.2) is 96.9 Å². The van der Waals surface area contributed by atoms with Crippen LogP contribution in [0.4, 0.5) is 27.8 Å². The number of aromatic hydroxyl groups is 2. The summed E-state index contributed by atoms with van der Waals surface area (Å²) in [5.74, 6) is -1.86. The number of ketones is 4. The van der Waals surface area contributed by atoms with E-state index in [2.05, 4.69) is 79.0 Å². The average molecular weight is 1530 g/mol. The van der Waals surface area contributed by atoms with Crippen molar-refractivity contribution in [1.82, 2.24) is 19.9 Å². The van der Waals surface area contributed by atoms with Gasteiger partial charge >= 0.3 is 0 Å². The lowest BCUT2D eigenvalue weighted by Crippen LogP contribution is -2.44. The number of fused-ring (bicyclic) bond motifs is 3.